The number of alkyl halides is 1. The molecule has 0 amide bonds. The van der Waals surface area contributed by atoms with E-state index >= 15 is 0 Å². The molecule has 2 saturated carbocycles. The van der Waals surface area contributed by atoms with Crippen LogP contribution in [0.15, 0.2) is 0 Å². The molecular weight excluding hydrogens is 156 g/mol. The normalized spacial score (nSPS) is 53.5. The number of hydrogen-bond acceptors (Lipinski definition) is 0. The van der Waals surface area contributed by atoms with Crippen molar-refractivity contribution in [1.29, 1.82) is 0 Å². The van der Waals surface area contributed by atoms with Crippen LogP contribution in [0.25, 0.3) is 0 Å². The second-order valence-corrected chi connectivity index (χ2v) is 6.17. The van der Waals surface area contributed by atoms with Crippen LogP contribution in [0.5, 0.6) is 0 Å². The molecule has 0 saturated heterocycles. The fourth-order valence-corrected chi connectivity index (χ4v) is 3.37. The molecule has 2 bridgehead atoms. The highest BCUT2D eigenvalue weighted by Gasteiger charge is 2.54. The number of rotatable bonds is 0. The minimum Gasteiger partial charge on any atom is -0.119 e. The Morgan fingerprint density at radius 3 is 2.00 bits per heavy atom. The van der Waals surface area contributed by atoms with Gasteiger partial charge in [-0.25, -0.2) is 0 Å². The Morgan fingerprint density at radius 2 is 1.73 bits per heavy atom. The van der Waals surface area contributed by atoms with Gasteiger partial charge >= 0.3 is 0 Å². The molecule has 0 aromatic heterocycles. The van der Waals surface area contributed by atoms with Crippen molar-refractivity contribution < 1.29 is 0 Å². The average molecular weight is 173 g/mol. The van der Waals surface area contributed by atoms with Gasteiger partial charge in [0.05, 0.1) is 0 Å². The highest BCUT2D eigenvalue weighted by atomic mass is 35.5. The smallest absolute Gasteiger partial charge is 0.0450 e. The molecule has 2 aliphatic rings. The van der Waals surface area contributed by atoms with Crippen LogP contribution in [0.1, 0.15) is 40.0 Å². The molecule has 0 radical (unpaired) electrons. The van der Waals surface area contributed by atoms with Gasteiger partial charge in [0, 0.05) is 4.87 Å². The van der Waals surface area contributed by atoms with Crippen LogP contribution in [-0.4, -0.2) is 4.87 Å². The van der Waals surface area contributed by atoms with E-state index in [4.69, 9.17) is 11.6 Å². The monoisotopic (exact) mass is 172 g/mol. The summed E-state index contributed by atoms with van der Waals surface area (Å²) in [5.74, 6) is 1.69. The summed E-state index contributed by atoms with van der Waals surface area (Å²) in [6, 6.07) is 0. The van der Waals surface area contributed by atoms with Gasteiger partial charge < -0.3 is 0 Å². The summed E-state index contributed by atoms with van der Waals surface area (Å²) in [6.07, 6.45) is 3.97. The lowest BCUT2D eigenvalue weighted by atomic mass is 9.73. The Labute approximate surface area is 74.3 Å². The van der Waals surface area contributed by atoms with Crippen LogP contribution in [-0.2, 0) is 0 Å². The van der Waals surface area contributed by atoms with E-state index in [0.29, 0.717) is 5.41 Å². The molecule has 0 heterocycles. The molecule has 11 heavy (non-hydrogen) atoms. The maximum atomic E-state index is 6.39. The van der Waals surface area contributed by atoms with Gasteiger partial charge in [-0.05, 0) is 43.4 Å². The summed E-state index contributed by atoms with van der Waals surface area (Å²) in [5, 5.41) is 0. The second-order valence-electron chi connectivity index (χ2n) is 5.30. The van der Waals surface area contributed by atoms with E-state index in [9.17, 15) is 0 Å². The molecular formula is C10H17Cl. The molecule has 2 aliphatic carbocycles. The van der Waals surface area contributed by atoms with Gasteiger partial charge in [-0.1, -0.05) is 13.8 Å². The third kappa shape index (κ3) is 1.02. The Morgan fingerprint density at radius 1 is 1.09 bits per heavy atom. The highest BCUT2D eigenvalue weighted by molar-refractivity contribution is 6.24. The zero-order valence-corrected chi connectivity index (χ0v) is 8.41. The SMILES string of the molecule is CC1(C)C[C@H]2C[C@@H]1C[C@]2(C)Cl. The van der Waals surface area contributed by atoms with E-state index in [0.717, 1.165) is 11.8 Å². The largest absolute Gasteiger partial charge is 0.119 e. The maximum absolute atomic E-state index is 6.39. The fourth-order valence-electron chi connectivity index (χ4n) is 3.01. The van der Waals surface area contributed by atoms with Crippen LogP contribution in [0.3, 0.4) is 0 Å². The molecule has 0 aromatic carbocycles. The first-order chi connectivity index (χ1) is 4.92. The van der Waals surface area contributed by atoms with Gasteiger partial charge in [0.2, 0.25) is 0 Å². The van der Waals surface area contributed by atoms with Crippen LogP contribution in [0, 0.1) is 17.3 Å². The van der Waals surface area contributed by atoms with Crippen LogP contribution in [0.4, 0.5) is 0 Å². The molecule has 0 N–H and O–H groups in total. The van der Waals surface area contributed by atoms with E-state index in [-0.39, 0.29) is 4.87 Å². The lowest BCUT2D eigenvalue weighted by molar-refractivity contribution is 0.192. The van der Waals surface area contributed by atoms with Gasteiger partial charge in [0.15, 0.2) is 0 Å². The minimum atomic E-state index is 0.139. The van der Waals surface area contributed by atoms with Crippen LogP contribution >= 0.6 is 11.6 Å². The molecule has 2 rings (SSSR count). The topological polar surface area (TPSA) is 0 Å². The lowest BCUT2D eigenvalue weighted by Crippen LogP contribution is -2.32. The van der Waals surface area contributed by atoms with E-state index < -0.39 is 0 Å². The van der Waals surface area contributed by atoms with E-state index in [1.165, 1.54) is 19.3 Å². The first-order valence-electron chi connectivity index (χ1n) is 4.61. The molecule has 2 fully saturated rings. The maximum Gasteiger partial charge on any atom is 0.0450 e. The van der Waals surface area contributed by atoms with Gasteiger partial charge in [0.1, 0.15) is 0 Å². The lowest BCUT2D eigenvalue weighted by Gasteiger charge is -2.36. The first-order valence-corrected chi connectivity index (χ1v) is 4.98. The standard InChI is InChI=1S/C10H17Cl/c1-9(2)5-8-4-7(9)6-10(8,3)11/h7-8H,4-6H2,1-3H3/t7-,8-,10+/m1/s1. The van der Waals surface area contributed by atoms with Gasteiger partial charge in [-0.15, -0.1) is 11.6 Å². The van der Waals surface area contributed by atoms with Crippen LogP contribution in [0.2, 0.25) is 0 Å². The molecule has 0 nitrogen and oxygen atoms in total. The molecule has 0 unspecified atom stereocenters. The van der Waals surface area contributed by atoms with Crippen LogP contribution < -0.4 is 0 Å². The van der Waals surface area contributed by atoms with Crippen molar-refractivity contribution in [3.63, 3.8) is 0 Å². The molecule has 0 aliphatic heterocycles. The Hall–Kier alpha value is 0.290. The summed E-state index contributed by atoms with van der Waals surface area (Å²) in [7, 11) is 0. The molecule has 0 aromatic rings. The fraction of sp³-hybridized carbons (Fsp3) is 1.00. The number of fused-ring (bicyclic) bond motifs is 2. The van der Waals surface area contributed by atoms with Crippen molar-refractivity contribution in [2.75, 3.05) is 0 Å². The predicted molar refractivity (Wildman–Crippen MR) is 48.9 cm³/mol. The molecule has 64 valence electrons. The van der Waals surface area contributed by atoms with Crippen molar-refractivity contribution in [3.05, 3.63) is 0 Å². The second kappa shape index (κ2) is 1.96. The zero-order valence-electron chi connectivity index (χ0n) is 7.65. The number of hydrogen-bond donors (Lipinski definition) is 0. The third-order valence-corrected chi connectivity index (χ3v) is 4.41. The quantitative estimate of drug-likeness (QED) is 0.491. The van der Waals surface area contributed by atoms with Crippen molar-refractivity contribution >= 4 is 11.6 Å². The highest BCUT2D eigenvalue weighted by Crippen LogP contribution is 2.61. The van der Waals surface area contributed by atoms with E-state index in [1.54, 1.807) is 0 Å². The Bertz CT molecular complexity index is 161. The predicted octanol–water partition coefficient (Wildman–Crippen LogP) is 3.44. The molecule has 3 atom stereocenters. The van der Waals surface area contributed by atoms with Crippen molar-refractivity contribution in [2.24, 2.45) is 17.3 Å². The summed E-state index contributed by atoms with van der Waals surface area (Å²) in [4.78, 5) is 0.139. The Kier molecular flexibility index (Phi) is 1.41. The van der Waals surface area contributed by atoms with Crippen molar-refractivity contribution in [3.8, 4) is 0 Å². The van der Waals surface area contributed by atoms with Gasteiger partial charge in [-0.3, -0.25) is 0 Å². The summed E-state index contributed by atoms with van der Waals surface area (Å²) < 4.78 is 0. The zero-order chi connectivity index (χ0) is 8.28. The summed E-state index contributed by atoms with van der Waals surface area (Å²) in [6.45, 7) is 7.00. The summed E-state index contributed by atoms with van der Waals surface area (Å²) >= 11 is 6.39. The van der Waals surface area contributed by atoms with Gasteiger partial charge in [-0.2, -0.15) is 0 Å². The van der Waals surface area contributed by atoms with Crippen molar-refractivity contribution in [2.45, 2.75) is 44.9 Å². The molecule has 0 spiro atoms. The average Bonchev–Trinajstić information content (AvgIpc) is 2.18. The number of halogens is 1. The molecule has 1 heteroatoms. The Balaban J connectivity index is 2.21. The van der Waals surface area contributed by atoms with E-state index in [1.807, 2.05) is 0 Å². The third-order valence-electron chi connectivity index (χ3n) is 3.94. The minimum absolute atomic E-state index is 0.139. The van der Waals surface area contributed by atoms with Gasteiger partial charge in [0.25, 0.3) is 0 Å². The van der Waals surface area contributed by atoms with E-state index in [2.05, 4.69) is 20.8 Å². The first kappa shape index (κ1) is 7.91. The summed E-state index contributed by atoms with van der Waals surface area (Å²) in [5.41, 5.74) is 0.582. The van der Waals surface area contributed by atoms with Crippen molar-refractivity contribution in [1.82, 2.24) is 0 Å².